The molecule has 0 aliphatic heterocycles. The van der Waals surface area contributed by atoms with E-state index in [0.29, 0.717) is 0 Å². The van der Waals surface area contributed by atoms with Crippen molar-refractivity contribution in [2.24, 2.45) is 18.7 Å². The van der Waals surface area contributed by atoms with Crippen molar-refractivity contribution in [1.29, 1.82) is 0 Å². The van der Waals surface area contributed by atoms with Gasteiger partial charge in [-0.05, 0) is 30.9 Å². The van der Waals surface area contributed by atoms with Gasteiger partial charge in [0, 0.05) is 25.0 Å². The molecule has 1 heterocycles. The van der Waals surface area contributed by atoms with Crippen molar-refractivity contribution in [3.05, 3.63) is 24.0 Å². The van der Waals surface area contributed by atoms with Crippen molar-refractivity contribution in [3.8, 4) is 0 Å². The van der Waals surface area contributed by atoms with Gasteiger partial charge < -0.3 is 10.3 Å². The van der Waals surface area contributed by atoms with Gasteiger partial charge in [0.2, 0.25) is 0 Å². The van der Waals surface area contributed by atoms with Gasteiger partial charge in [0.1, 0.15) is 0 Å². The van der Waals surface area contributed by atoms with Gasteiger partial charge in [0.15, 0.2) is 0 Å². The Bertz CT molecular complexity index is 266. The average Bonchev–Trinajstić information content (AvgIpc) is 2.31. The fourth-order valence-electron chi connectivity index (χ4n) is 1.86. The number of aryl methyl sites for hydroxylation is 1. The largest absolute Gasteiger partial charge is 0.353 e. The van der Waals surface area contributed by atoms with Crippen LogP contribution < -0.4 is 5.73 Å². The molecule has 1 aliphatic carbocycles. The van der Waals surface area contributed by atoms with Crippen molar-refractivity contribution < 1.29 is 0 Å². The molecule has 0 amide bonds. The lowest BCUT2D eigenvalue weighted by Crippen LogP contribution is -2.28. The number of nitrogens with two attached hydrogens (primary N) is 1. The first-order valence-electron chi connectivity index (χ1n) is 4.66. The van der Waals surface area contributed by atoms with E-state index < -0.39 is 0 Å². The summed E-state index contributed by atoms with van der Waals surface area (Å²) in [5.41, 5.74) is 7.40. The highest BCUT2D eigenvalue weighted by atomic mass is 35.5. The van der Waals surface area contributed by atoms with Gasteiger partial charge in [-0.2, -0.15) is 0 Å². The second-order valence-corrected chi connectivity index (χ2v) is 3.76. The molecule has 74 valence electrons. The Morgan fingerprint density at radius 1 is 1.54 bits per heavy atom. The lowest BCUT2D eigenvalue weighted by Gasteiger charge is -2.31. The van der Waals surface area contributed by atoms with E-state index in [4.69, 9.17) is 5.73 Å². The first-order chi connectivity index (χ1) is 5.79. The van der Waals surface area contributed by atoms with Gasteiger partial charge in [0.05, 0.1) is 0 Å². The molecule has 3 heteroatoms. The van der Waals surface area contributed by atoms with Crippen LogP contribution in [0.25, 0.3) is 0 Å². The van der Waals surface area contributed by atoms with Crippen molar-refractivity contribution in [3.63, 3.8) is 0 Å². The van der Waals surface area contributed by atoms with Crippen LogP contribution >= 0.6 is 12.4 Å². The maximum Gasteiger partial charge on any atom is 0.0478 e. The molecule has 0 saturated heterocycles. The Hall–Kier alpha value is -0.470. The monoisotopic (exact) mass is 200 g/mol. The summed E-state index contributed by atoms with van der Waals surface area (Å²) in [4.78, 5) is 0. The molecule has 1 aromatic heterocycles. The van der Waals surface area contributed by atoms with Crippen molar-refractivity contribution in [1.82, 2.24) is 4.57 Å². The Morgan fingerprint density at radius 3 is 2.62 bits per heavy atom. The smallest absolute Gasteiger partial charge is 0.0478 e. The second kappa shape index (κ2) is 4.16. The highest BCUT2D eigenvalue weighted by Gasteiger charge is 2.26. The maximum absolute atomic E-state index is 6.12. The van der Waals surface area contributed by atoms with Crippen molar-refractivity contribution in [2.45, 2.75) is 25.3 Å². The van der Waals surface area contributed by atoms with E-state index in [9.17, 15) is 0 Å². The predicted molar refractivity (Wildman–Crippen MR) is 56.9 cm³/mol. The second-order valence-electron chi connectivity index (χ2n) is 3.76. The highest BCUT2D eigenvalue weighted by Crippen LogP contribution is 2.35. The topological polar surface area (TPSA) is 30.9 Å². The minimum Gasteiger partial charge on any atom is -0.353 e. The number of nitrogens with zero attached hydrogens (tertiary/aromatic N) is 1. The van der Waals surface area contributed by atoms with E-state index >= 15 is 0 Å². The van der Waals surface area contributed by atoms with Gasteiger partial charge in [-0.25, -0.2) is 0 Å². The summed E-state index contributed by atoms with van der Waals surface area (Å²) in [5, 5.41) is 0. The third-order valence-corrected chi connectivity index (χ3v) is 2.98. The Kier molecular flexibility index (Phi) is 3.40. The zero-order valence-electron chi connectivity index (χ0n) is 7.94. The first-order valence-corrected chi connectivity index (χ1v) is 4.66. The van der Waals surface area contributed by atoms with E-state index in [-0.39, 0.29) is 18.4 Å². The van der Waals surface area contributed by atoms with Crippen LogP contribution in [0.3, 0.4) is 0 Å². The van der Waals surface area contributed by atoms with E-state index in [0.717, 1.165) is 5.92 Å². The van der Waals surface area contributed by atoms with Crippen molar-refractivity contribution in [2.75, 3.05) is 0 Å². The van der Waals surface area contributed by atoms with Crippen LogP contribution in [-0.4, -0.2) is 4.57 Å². The number of aromatic nitrogens is 1. The molecule has 1 aromatic rings. The zero-order chi connectivity index (χ0) is 8.55. The lowest BCUT2D eigenvalue weighted by atomic mass is 9.79. The van der Waals surface area contributed by atoms with E-state index in [1.54, 1.807) is 0 Å². The fourth-order valence-corrected chi connectivity index (χ4v) is 1.86. The van der Waals surface area contributed by atoms with Crippen LogP contribution in [0.4, 0.5) is 0 Å². The van der Waals surface area contributed by atoms with Crippen LogP contribution in [0, 0.1) is 5.92 Å². The van der Waals surface area contributed by atoms with Crippen LogP contribution in [0.2, 0.25) is 0 Å². The molecule has 2 rings (SSSR count). The van der Waals surface area contributed by atoms with Gasteiger partial charge in [-0.15, -0.1) is 12.4 Å². The lowest BCUT2D eigenvalue weighted by molar-refractivity contribution is 0.258. The summed E-state index contributed by atoms with van der Waals surface area (Å²) in [6.07, 6.45) is 6.05. The molecule has 0 aromatic carbocycles. The van der Waals surface area contributed by atoms with Crippen molar-refractivity contribution >= 4 is 12.4 Å². The summed E-state index contributed by atoms with van der Waals surface area (Å²) in [7, 11) is 2.06. The first kappa shape index (κ1) is 10.6. The fraction of sp³-hybridized carbons (Fsp3) is 0.600. The number of rotatable bonds is 2. The third-order valence-electron chi connectivity index (χ3n) is 2.98. The van der Waals surface area contributed by atoms with Gasteiger partial charge in [-0.3, -0.25) is 0 Å². The maximum atomic E-state index is 6.12. The predicted octanol–water partition coefficient (Wildman–Crippen LogP) is 2.25. The van der Waals surface area contributed by atoms with Crippen LogP contribution in [-0.2, 0) is 7.05 Å². The third kappa shape index (κ3) is 1.89. The normalized spacial score (nSPS) is 18.9. The Balaban J connectivity index is 0.000000845. The van der Waals surface area contributed by atoms with Crippen LogP contribution in [0.1, 0.15) is 31.0 Å². The van der Waals surface area contributed by atoms with E-state index in [2.05, 4.69) is 29.9 Å². The minimum atomic E-state index is 0. The van der Waals surface area contributed by atoms with E-state index in [1.165, 1.54) is 25.0 Å². The number of hydrogen-bond donors (Lipinski definition) is 1. The summed E-state index contributed by atoms with van der Waals surface area (Å²) >= 11 is 0. The number of halogens is 1. The molecular formula is C10H17ClN2. The Morgan fingerprint density at radius 2 is 2.23 bits per heavy atom. The molecule has 1 atom stereocenters. The molecule has 0 bridgehead atoms. The molecule has 2 N–H and O–H groups in total. The summed E-state index contributed by atoms with van der Waals surface area (Å²) < 4.78 is 2.13. The van der Waals surface area contributed by atoms with Crippen LogP contribution in [0.15, 0.2) is 18.3 Å². The summed E-state index contributed by atoms with van der Waals surface area (Å²) in [6.45, 7) is 0. The van der Waals surface area contributed by atoms with Gasteiger partial charge >= 0.3 is 0 Å². The van der Waals surface area contributed by atoms with Crippen LogP contribution in [0.5, 0.6) is 0 Å². The minimum absolute atomic E-state index is 0. The molecule has 1 fully saturated rings. The molecule has 0 radical (unpaired) electrons. The Labute approximate surface area is 85.5 Å². The molecule has 1 aliphatic rings. The highest BCUT2D eigenvalue weighted by molar-refractivity contribution is 5.85. The molecule has 2 nitrogen and oxygen atoms in total. The quantitative estimate of drug-likeness (QED) is 0.780. The summed E-state index contributed by atoms with van der Waals surface area (Å²) in [5.74, 6) is 0.735. The average molecular weight is 201 g/mol. The van der Waals surface area contributed by atoms with Gasteiger partial charge in [-0.1, -0.05) is 6.42 Å². The number of hydrogen-bond acceptors (Lipinski definition) is 1. The molecule has 1 saturated carbocycles. The zero-order valence-corrected chi connectivity index (χ0v) is 8.76. The molecular weight excluding hydrogens is 184 g/mol. The van der Waals surface area contributed by atoms with Gasteiger partial charge in [0.25, 0.3) is 0 Å². The van der Waals surface area contributed by atoms with E-state index in [1.807, 2.05) is 0 Å². The standard InChI is InChI=1S/C10H16N2.ClH/c1-12-7-3-6-9(12)10(11)8-4-2-5-8;/h3,6-8,10H,2,4-5,11H2,1H3;1H/t10-;/m0./s1. The SMILES string of the molecule is Cl.Cn1cccc1[C@@H](N)C1CCC1. The molecule has 0 spiro atoms. The molecule has 0 unspecified atom stereocenters. The molecule has 13 heavy (non-hydrogen) atoms. The summed E-state index contributed by atoms with van der Waals surface area (Å²) in [6, 6.07) is 4.45.